The fourth-order valence-corrected chi connectivity index (χ4v) is 12.1. The monoisotopic (exact) mass is 935 g/mol. The third-order valence-corrected chi connectivity index (χ3v) is 16.3. The van der Waals surface area contributed by atoms with Crippen molar-refractivity contribution >= 4 is 66.4 Å². The quantitative estimate of drug-likeness (QED) is 0.113. The van der Waals surface area contributed by atoms with Crippen molar-refractivity contribution in [2.24, 2.45) is 0 Å². The van der Waals surface area contributed by atoms with Crippen LogP contribution in [-0.4, -0.2) is 0 Å². The van der Waals surface area contributed by atoms with E-state index in [1.165, 1.54) is 151 Å². The molecule has 2 saturated carbocycles. The zero-order valence-corrected chi connectivity index (χ0v) is 42.5. The van der Waals surface area contributed by atoms with Gasteiger partial charge in [-0.3, -0.25) is 0 Å². The molecular weight excluding hydrogens is 869 g/mol. The maximum absolute atomic E-state index is 2.41. The predicted molar refractivity (Wildman–Crippen MR) is 310 cm³/mol. The van der Waals surface area contributed by atoms with Gasteiger partial charge >= 0.3 is 0 Å². The Morgan fingerprint density at radius 2 is 0.569 bits per heavy atom. The zero-order chi connectivity index (χ0) is 48.7. The number of benzene rings is 10. The summed E-state index contributed by atoms with van der Waals surface area (Å²) in [6.45, 7) is 9.05. The second-order valence-electron chi connectivity index (χ2n) is 21.5. The van der Waals surface area contributed by atoms with Crippen LogP contribution in [0.1, 0.15) is 125 Å². The molecule has 10 aromatic carbocycles. The lowest BCUT2D eigenvalue weighted by molar-refractivity contribution is 0.723. The molecular formula is C70H66N2. The van der Waals surface area contributed by atoms with Gasteiger partial charge in [-0.05, 0) is 211 Å². The Kier molecular flexibility index (Phi) is 12.5. The highest BCUT2D eigenvalue weighted by molar-refractivity contribution is 6.26. The van der Waals surface area contributed by atoms with Crippen LogP contribution in [0.2, 0.25) is 0 Å². The second-order valence-corrected chi connectivity index (χ2v) is 21.5. The normalized spacial score (nSPS) is 14.4. The van der Waals surface area contributed by atoms with Gasteiger partial charge in [-0.25, -0.2) is 0 Å². The SMILES string of the molecule is CC(C)c1ccc(N(c2ccc(-c3ccc4c5ccc(-c6ccc(N(c7ccc(C(C)C)cc7)c7ccc(C8CCCC8)cc7)cc6)cc5c5ccccc5c4c3)cc2)c2ccc(C3CCCC3)cc2)cc1. The van der Waals surface area contributed by atoms with Crippen LogP contribution >= 0.6 is 0 Å². The molecule has 0 N–H and O–H groups in total. The predicted octanol–water partition coefficient (Wildman–Crippen LogP) is 21.0. The summed E-state index contributed by atoms with van der Waals surface area (Å²) < 4.78 is 0. The standard InChI is InChI=1S/C70H66N2/c1-47(2)49-17-31-59(32-18-49)71(61-35-21-53(22-36-61)51-11-5-6-12-51)63-39-25-55(26-40-63)57-29-43-67-68-44-30-58(46-70(68)66-16-10-9-15-65(66)69(67)45-57)56-27-41-64(42-28-56)72(60-33-19-50(20-34-60)48(3)4)62-37-23-54(24-38-62)52-13-7-8-14-52/h9-10,15-48,51-52H,5-8,11-14H2,1-4H3. The highest BCUT2D eigenvalue weighted by Gasteiger charge is 2.21. The van der Waals surface area contributed by atoms with Crippen molar-refractivity contribution in [3.05, 3.63) is 229 Å². The summed E-state index contributed by atoms with van der Waals surface area (Å²) in [5, 5.41) is 7.68. The lowest BCUT2D eigenvalue weighted by Crippen LogP contribution is -2.10. The summed E-state index contributed by atoms with van der Waals surface area (Å²) in [5.41, 5.74) is 17.6. The number of nitrogens with zero attached hydrogens (tertiary/aromatic N) is 2. The molecule has 0 heterocycles. The van der Waals surface area contributed by atoms with Crippen molar-refractivity contribution in [3.63, 3.8) is 0 Å². The van der Waals surface area contributed by atoms with Crippen molar-refractivity contribution in [2.45, 2.75) is 103 Å². The minimum absolute atomic E-state index is 0.488. The fourth-order valence-electron chi connectivity index (χ4n) is 12.1. The van der Waals surface area contributed by atoms with Crippen LogP contribution in [0.5, 0.6) is 0 Å². The van der Waals surface area contributed by atoms with Crippen LogP contribution in [0.25, 0.3) is 54.6 Å². The van der Waals surface area contributed by atoms with Gasteiger partial charge in [-0.1, -0.05) is 175 Å². The molecule has 0 saturated heterocycles. The van der Waals surface area contributed by atoms with Crippen molar-refractivity contribution in [1.29, 1.82) is 0 Å². The average Bonchev–Trinajstić information content (AvgIpc) is 4.19. The summed E-state index contributed by atoms with van der Waals surface area (Å²) in [5.74, 6) is 2.37. The van der Waals surface area contributed by atoms with Gasteiger partial charge in [-0.15, -0.1) is 0 Å². The summed E-state index contributed by atoms with van der Waals surface area (Å²) >= 11 is 0. The minimum atomic E-state index is 0.488. The van der Waals surface area contributed by atoms with Crippen molar-refractivity contribution in [3.8, 4) is 22.3 Å². The third kappa shape index (κ3) is 8.87. The second kappa shape index (κ2) is 19.6. The molecule has 10 aromatic rings. The molecule has 12 rings (SSSR count). The molecule has 2 fully saturated rings. The fraction of sp³-hybridized carbons (Fsp3) is 0.229. The largest absolute Gasteiger partial charge is 0.311 e. The Bertz CT molecular complexity index is 3220. The lowest BCUT2D eigenvalue weighted by Gasteiger charge is -2.26. The van der Waals surface area contributed by atoms with Gasteiger partial charge in [0.15, 0.2) is 0 Å². The summed E-state index contributed by atoms with van der Waals surface area (Å²) in [7, 11) is 0. The van der Waals surface area contributed by atoms with E-state index in [1.807, 2.05) is 0 Å². The Labute approximate surface area is 427 Å². The first-order valence-corrected chi connectivity index (χ1v) is 26.9. The first-order valence-electron chi connectivity index (χ1n) is 26.9. The molecule has 2 aliphatic carbocycles. The summed E-state index contributed by atoms with van der Waals surface area (Å²) in [6.07, 6.45) is 10.6. The van der Waals surface area contributed by atoms with E-state index in [1.54, 1.807) is 0 Å². The first-order chi connectivity index (χ1) is 35.3. The van der Waals surface area contributed by atoms with Gasteiger partial charge in [0.05, 0.1) is 0 Å². The molecule has 0 spiro atoms. The van der Waals surface area contributed by atoms with Gasteiger partial charge in [0.1, 0.15) is 0 Å². The van der Waals surface area contributed by atoms with Crippen LogP contribution in [0.15, 0.2) is 206 Å². The molecule has 0 unspecified atom stereocenters. The summed E-state index contributed by atoms with van der Waals surface area (Å²) in [6, 6.07) is 78.5. The van der Waals surface area contributed by atoms with Gasteiger partial charge < -0.3 is 9.80 Å². The van der Waals surface area contributed by atoms with Crippen LogP contribution in [0.4, 0.5) is 34.1 Å². The van der Waals surface area contributed by atoms with Crippen LogP contribution in [-0.2, 0) is 0 Å². The molecule has 2 nitrogen and oxygen atoms in total. The summed E-state index contributed by atoms with van der Waals surface area (Å²) in [4.78, 5) is 4.82. The van der Waals surface area contributed by atoms with E-state index in [0.717, 1.165) is 11.4 Å². The molecule has 0 radical (unpaired) electrons. The molecule has 0 atom stereocenters. The Hall–Kier alpha value is -7.42. The van der Waals surface area contributed by atoms with E-state index in [2.05, 4.69) is 244 Å². The smallest absolute Gasteiger partial charge is 0.0462 e. The van der Waals surface area contributed by atoms with E-state index in [4.69, 9.17) is 0 Å². The number of hydrogen-bond acceptors (Lipinski definition) is 2. The highest BCUT2D eigenvalue weighted by Crippen LogP contribution is 2.44. The number of fused-ring (bicyclic) bond motifs is 6. The van der Waals surface area contributed by atoms with E-state index in [9.17, 15) is 0 Å². The first kappa shape index (κ1) is 45.7. The zero-order valence-electron chi connectivity index (χ0n) is 42.5. The molecule has 0 amide bonds. The van der Waals surface area contributed by atoms with Crippen molar-refractivity contribution in [1.82, 2.24) is 0 Å². The molecule has 0 aliphatic heterocycles. The van der Waals surface area contributed by atoms with Gasteiger partial charge in [0, 0.05) is 34.1 Å². The van der Waals surface area contributed by atoms with Crippen LogP contribution in [0, 0.1) is 0 Å². The maximum atomic E-state index is 2.41. The van der Waals surface area contributed by atoms with Crippen LogP contribution < -0.4 is 9.80 Å². The highest BCUT2D eigenvalue weighted by atomic mass is 15.1. The minimum Gasteiger partial charge on any atom is -0.311 e. The van der Waals surface area contributed by atoms with E-state index >= 15 is 0 Å². The van der Waals surface area contributed by atoms with Crippen molar-refractivity contribution in [2.75, 3.05) is 9.80 Å². The van der Waals surface area contributed by atoms with Crippen molar-refractivity contribution < 1.29 is 0 Å². The Morgan fingerprint density at radius 1 is 0.292 bits per heavy atom. The number of anilines is 6. The molecule has 0 aromatic heterocycles. The average molecular weight is 935 g/mol. The maximum Gasteiger partial charge on any atom is 0.0462 e. The number of hydrogen-bond donors (Lipinski definition) is 0. The Morgan fingerprint density at radius 3 is 0.889 bits per heavy atom. The van der Waals surface area contributed by atoms with Gasteiger partial charge in [-0.2, -0.15) is 0 Å². The molecule has 356 valence electrons. The molecule has 2 aliphatic rings. The third-order valence-electron chi connectivity index (χ3n) is 16.3. The number of rotatable bonds is 12. The molecule has 0 bridgehead atoms. The molecule has 72 heavy (non-hydrogen) atoms. The lowest BCUT2D eigenvalue weighted by atomic mass is 9.90. The topological polar surface area (TPSA) is 6.48 Å². The van der Waals surface area contributed by atoms with E-state index in [0.29, 0.717) is 23.7 Å². The van der Waals surface area contributed by atoms with E-state index < -0.39 is 0 Å². The van der Waals surface area contributed by atoms with Gasteiger partial charge in [0.25, 0.3) is 0 Å². The van der Waals surface area contributed by atoms with Gasteiger partial charge in [0.2, 0.25) is 0 Å². The van der Waals surface area contributed by atoms with Crippen LogP contribution in [0.3, 0.4) is 0 Å². The molecule has 2 heteroatoms. The Balaban J connectivity index is 0.859. The van der Waals surface area contributed by atoms with E-state index in [-0.39, 0.29) is 0 Å².